The molecule has 2 aromatic carbocycles. The first-order chi connectivity index (χ1) is 18.4. The van der Waals surface area contributed by atoms with Crippen LogP contribution in [0.15, 0.2) is 42.5 Å². The molecule has 1 fully saturated rings. The summed E-state index contributed by atoms with van der Waals surface area (Å²) in [6.07, 6.45) is 6.41. The average molecular weight is 527 g/mol. The Labute approximate surface area is 226 Å². The number of phenolic OH excluding ortho intramolecular Hbond substituents is 1. The molecule has 0 aromatic heterocycles. The maximum absolute atomic E-state index is 12.9. The van der Waals surface area contributed by atoms with Gasteiger partial charge >= 0.3 is 0 Å². The molecule has 0 saturated carbocycles. The number of aliphatic hydroxyl groups excluding tert-OH is 1. The minimum Gasteiger partial charge on any atom is -0.502 e. The normalized spacial score (nSPS) is 15.0. The zero-order valence-corrected chi connectivity index (χ0v) is 22.9. The largest absolute Gasteiger partial charge is 0.502 e. The highest BCUT2D eigenvalue weighted by Crippen LogP contribution is 2.38. The van der Waals surface area contributed by atoms with Crippen molar-refractivity contribution in [1.82, 2.24) is 9.80 Å². The fourth-order valence-electron chi connectivity index (χ4n) is 4.19. The molecule has 2 N–H and O–H groups in total. The van der Waals surface area contributed by atoms with E-state index in [0.29, 0.717) is 57.4 Å². The summed E-state index contributed by atoms with van der Waals surface area (Å²) in [6.45, 7) is 8.20. The number of hydrogen-bond donors (Lipinski definition) is 2. The van der Waals surface area contributed by atoms with Gasteiger partial charge in [-0.05, 0) is 54.3 Å². The van der Waals surface area contributed by atoms with Crippen LogP contribution in [0.25, 0.3) is 6.08 Å². The number of β-amino-alcohol motifs (C(OH)–C–C–N with tert-alkyl or cyclic N) is 1. The predicted molar refractivity (Wildman–Crippen MR) is 149 cm³/mol. The van der Waals surface area contributed by atoms with Gasteiger partial charge in [0.2, 0.25) is 11.7 Å². The molecule has 0 spiro atoms. The fraction of sp³-hybridized carbons (Fsp3) is 0.500. The van der Waals surface area contributed by atoms with E-state index >= 15 is 0 Å². The van der Waals surface area contributed by atoms with E-state index in [4.69, 9.17) is 14.2 Å². The van der Waals surface area contributed by atoms with Gasteiger partial charge in [-0.1, -0.05) is 38.8 Å². The molecule has 0 aliphatic carbocycles. The van der Waals surface area contributed by atoms with Crippen LogP contribution >= 0.6 is 0 Å². The molecule has 1 aliphatic heterocycles. The van der Waals surface area contributed by atoms with E-state index in [9.17, 15) is 15.0 Å². The molecule has 1 aliphatic rings. The summed E-state index contributed by atoms with van der Waals surface area (Å²) in [6, 6.07) is 10.9. The minimum absolute atomic E-state index is 0.00654. The molecule has 1 atom stereocenters. The van der Waals surface area contributed by atoms with E-state index in [1.807, 2.05) is 29.2 Å². The Morgan fingerprint density at radius 2 is 1.63 bits per heavy atom. The molecule has 38 heavy (non-hydrogen) atoms. The van der Waals surface area contributed by atoms with Gasteiger partial charge in [0.25, 0.3) is 0 Å². The summed E-state index contributed by atoms with van der Waals surface area (Å²) >= 11 is 0. The zero-order chi connectivity index (χ0) is 27.3. The van der Waals surface area contributed by atoms with Gasteiger partial charge in [-0.25, -0.2) is 0 Å². The molecule has 0 radical (unpaired) electrons. The number of unbranched alkanes of at least 4 members (excludes halogenated alkanes) is 2. The lowest BCUT2D eigenvalue weighted by atomic mass is 10.1. The van der Waals surface area contributed by atoms with Crippen molar-refractivity contribution in [3.8, 4) is 23.0 Å². The summed E-state index contributed by atoms with van der Waals surface area (Å²) in [5.41, 5.74) is 1.55. The lowest BCUT2D eigenvalue weighted by molar-refractivity contribution is -0.127. The number of phenols is 1. The second-order valence-electron chi connectivity index (χ2n) is 9.52. The van der Waals surface area contributed by atoms with Crippen molar-refractivity contribution >= 4 is 12.0 Å². The third-order valence-corrected chi connectivity index (χ3v) is 6.59. The molecule has 1 amide bonds. The number of methoxy groups -OCH3 is 1. The van der Waals surface area contributed by atoms with Crippen molar-refractivity contribution in [3.63, 3.8) is 0 Å². The van der Waals surface area contributed by atoms with Gasteiger partial charge in [-0.3, -0.25) is 9.69 Å². The van der Waals surface area contributed by atoms with Crippen molar-refractivity contribution < 1.29 is 29.2 Å². The first kappa shape index (κ1) is 29.3. The van der Waals surface area contributed by atoms with Crippen molar-refractivity contribution in [2.75, 3.05) is 53.0 Å². The van der Waals surface area contributed by atoms with E-state index in [1.54, 1.807) is 31.4 Å². The molecule has 3 rings (SSSR count). The number of aliphatic hydroxyl groups is 1. The van der Waals surface area contributed by atoms with Gasteiger partial charge in [0, 0.05) is 38.8 Å². The zero-order valence-electron chi connectivity index (χ0n) is 22.9. The van der Waals surface area contributed by atoms with Crippen LogP contribution in [-0.2, 0) is 4.79 Å². The van der Waals surface area contributed by atoms with Crippen LogP contribution in [0.5, 0.6) is 23.0 Å². The molecular formula is C30H42N2O6. The molecule has 1 unspecified atom stereocenters. The summed E-state index contributed by atoms with van der Waals surface area (Å²) in [4.78, 5) is 16.9. The minimum atomic E-state index is -0.621. The molecule has 208 valence electrons. The van der Waals surface area contributed by atoms with Gasteiger partial charge in [-0.15, -0.1) is 0 Å². The highest BCUT2D eigenvalue weighted by atomic mass is 16.5. The van der Waals surface area contributed by atoms with Crippen LogP contribution in [0.2, 0.25) is 0 Å². The molecular weight excluding hydrogens is 484 g/mol. The van der Waals surface area contributed by atoms with Crippen LogP contribution in [-0.4, -0.2) is 79.0 Å². The van der Waals surface area contributed by atoms with Crippen LogP contribution in [0.3, 0.4) is 0 Å². The number of carbonyl (C=O) groups is 1. The number of nitrogens with zero attached hydrogens (tertiary/aromatic N) is 2. The maximum atomic E-state index is 12.9. The van der Waals surface area contributed by atoms with Gasteiger partial charge < -0.3 is 29.3 Å². The number of carbonyl (C=O) groups excluding carboxylic acids is 1. The lowest BCUT2D eigenvalue weighted by Gasteiger charge is -2.35. The highest BCUT2D eigenvalue weighted by molar-refractivity contribution is 5.92. The Hall–Kier alpha value is -3.23. The number of ether oxygens (including phenoxy) is 3. The van der Waals surface area contributed by atoms with E-state index in [2.05, 4.69) is 18.7 Å². The van der Waals surface area contributed by atoms with Gasteiger partial charge in [0.05, 0.1) is 26.4 Å². The SMILES string of the molecule is CCCCOc1cc(/C=C/C(=O)N2CCN(CC(O)c3cccc(OC)c3)CC2)cc(OCCCC)c1O. The Morgan fingerprint density at radius 3 is 2.21 bits per heavy atom. The van der Waals surface area contributed by atoms with Crippen LogP contribution < -0.4 is 14.2 Å². The van der Waals surface area contributed by atoms with E-state index in [0.717, 1.165) is 42.6 Å². The Morgan fingerprint density at radius 1 is 1.00 bits per heavy atom. The van der Waals surface area contributed by atoms with E-state index in [-0.39, 0.29) is 11.7 Å². The summed E-state index contributed by atoms with van der Waals surface area (Å²) in [5, 5.41) is 21.3. The van der Waals surface area contributed by atoms with Gasteiger partial charge in [0.15, 0.2) is 11.5 Å². The maximum Gasteiger partial charge on any atom is 0.246 e. The standard InChI is InChI=1S/C30H42N2O6/c1-4-6-17-37-27-19-23(20-28(30(27)35)38-18-7-5-2)11-12-29(34)32-15-13-31(14-16-32)22-26(33)24-9-8-10-25(21-24)36-3/h8-12,19-21,26,33,35H,4-7,13-18,22H2,1-3H3/b12-11+. The average Bonchev–Trinajstić information content (AvgIpc) is 2.94. The lowest BCUT2D eigenvalue weighted by Crippen LogP contribution is -2.49. The van der Waals surface area contributed by atoms with Gasteiger partial charge in [-0.2, -0.15) is 0 Å². The third kappa shape index (κ3) is 8.67. The summed E-state index contributed by atoms with van der Waals surface area (Å²) in [5.74, 6) is 1.36. The van der Waals surface area contributed by atoms with Crippen molar-refractivity contribution in [1.29, 1.82) is 0 Å². The summed E-state index contributed by atoms with van der Waals surface area (Å²) < 4.78 is 16.8. The third-order valence-electron chi connectivity index (χ3n) is 6.59. The first-order valence-corrected chi connectivity index (χ1v) is 13.6. The highest BCUT2D eigenvalue weighted by Gasteiger charge is 2.22. The second kappa shape index (κ2) is 15.2. The molecule has 8 nitrogen and oxygen atoms in total. The number of benzene rings is 2. The quantitative estimate of drug-likeness (QED) is 0.274. The van der Waals surface area contributed by atoms with Crippen molar-refractivity contribution in [3.05, 3.63) is 53.6 Å². The summed E-state index contributed by atoms with van der Waals surface area (Å²) in [7, 11) is 1.61. The van der Waals surface area contributed by atoms with E-state index < -0.39 is 6.10 Å². The number of hydrogen-bond acceptors (Lipinski definition) is 7. The Bertz CT molecular complexity index is 1020. The van der Waals surface area contributed by atoms with Crippen LogP contribution in [0, 0.1) is 0 Å². The van der Waals surface area contributed by atoms with Crippen molar-refractivity contribution in [2.45, 2.75) is 45.6 Å². The van der Waals surface area contributed by atoms with Crippen molar-refractivity contribution in [2.24, 2.45) is 0 Å². The first-order valence-electron chi connectivity index (χ1n) is 13.6. The molecule has 2 aromatic rings. The number of rotatable bonds is 14. The molecule has 1 heterocycles. The second-order valence-corrected chi connectivity index (χ2v) is 9.52. The monoisotopic (exact) mass is 526 g/mol. The van der Waals surface area contributed by atoms with Crippen LogP contribution in [0.1, 0.15) is 56.8 Å². The van der Waals surface area contributed by atoms with E-state index in [1.165, 1.54) is 0 Å². The topological polar surface area (TPSA) is 91.7 Å². The molecule has 0 bridgehead atoms. The van der Waals surface area contributed by atoms with Gasteiger partial charge in [0.1, 0.15) is 5.75 Å². The fourth-order valence-corrected chi connectivity index (χ4v) is 4.19. The van der Waals surface area contributed by atoms with Crippen LogP contribution in [0.4, 0.5) is 0 Å². The number of aromatic hydroxyl groups is 1. The Balaban J connectivity index is 1.58. The molecule has 8 heteroatoms. The smallest absolute Gasteiger partial charge is 0.246 e. The molecule has 1 saturated heterocycles. The number of amides is 1. The Kier molecular flexibility index (Phi) is 11.8. The number of piperazine rings is 1. The predicted octanol–water partition coefficient (Wildman–Crippen LogP) is 4.65.